The lowest BCUT2D eigenvalue weighted by atomic mass is 10.1. The Kier molecular flexibility index (Phi) is 4.52. The number of carbonyl (C=O) groups excluding carboxylic acids is 1. The quantitative estimate of drug-likeness (QED) is 0.651. The van der Waals surface area contributed by atoms with Gasteiger partial charge in [-0.25, -0.2) is 4.68 Å². The number of anilines is 1. The van der Waals surface area contributed by atoms with Crippen LogP contribution < -0.4 is 10.6 Å². The second-order valence-electron chi connectivity index (χ2n) is 5.73. The minimum absolute atomic E-state index is 0.0360. The van der Waals surface area contributed by atoms with Gasteiger partial charge >= 0.3 is 0 Å². The monoisotopic (exact) mass is 330 g/mol. The summed E-state index contributed by atoms with van der Waals surface area (Å²) in [5, 5.41) is 24.9. The number of aromatic nitrogens is 3. The molecule has 3 rings (SSSR count). The number of hydrogen-bond acceptors (Lipinski definition) is 6. The van der Waals surface area contributed by atoms with E-state index in [1.165, 1.54) is 12.1 Å². The van der Waals surface area contributed by atoms with Crippen molar-refractivity contribution >= 4 is 17.3 Å². The molecule has 0 atom stereocenters. The standard InChI is InChI=1S/C15H18N6O3/c1-10-12(3-2-4-14(10)21(23)24)17-15(22)13-9-20(19-18-13)11-5-7-16-8-6-11/h2-4,9,11,16H,5-8H2,1H3,(H,17,22). The molecule has 0 spiro atoms. The maximum atomic E-state index is 12.3. The Morgan fingerprint density at radius 3 is 2.88 bits per heavy atom. The largest absolute Gasteiger partial charge is 0.320 e. The maximum absolute atomic E-state index is 12.3. The fourth-order valence-corrected chi connectivity index (χ4v) is 2.77. The van der Waals surface area contributed by atoms with E-state index in [2.05, 4.69) is 20.9 Å². The lowest BCUT2D eigenvalue weighted by molar-refractivity contribution is -0.385. The number of benzene rings is 1. The average Bonchev–Trinajstić information content (AvgIpc) is 3.07. The maximum Gasteiger partial charge on any atom is 0.277 e. The van der Waals surface area contributed by atoms with Crippen molar-refractivity contribution in [3.63, 3.8) is 0 Å². The van der Waals surface area contributed by atoms with Crippen LogP contribution in [0.15, 0.2) is 24.4 Å². The SMILES string of the molecule is Cc1c(NC(=O)c2cn(C3CCNCC3)nn2)cccc1[N+](=O)[O-]. The molecule has 1 saturated heterocycles. The number of nitrogens with zero attached hydrogens (tertiary/aromatic N) is 4. The first-order chi connectivity index (χ1) is 11.6. The van der Waals surface area contributed by atoms with Crippen molar-refractivity contribution in [2.75, 3.05) is 18.4 Å². The number of nitrogens with one attached hydrogen (secondary N) is 2. The topological polar surface area (TPSA) is 115 Å². The van der Waals surface area contributed by atoms with E-state index in [4.69, 9.17) is 0 Å². The third-order valence-electron chi connectivity index (χ3n) is 4.18. The molecule has 1 aromatic carbocycles. The van der Waals surface area contributed by atoms with Crippen LogP contribution in [0.1, 0.15) is 34.9 Å². The third-order valence-corrected chi connectivity index (χ3v) is 4.18. The zero-order valence-corrected chi connectivity index (χ0v) is 13.2. The van der Waals surface area contributed by atoms with E-state index in [0.29, 0.717) is 11.3 Å². The van der Waals surface area contributed by atoms with Crippen LogP contribution in [0.2, 0.25) is 0 Å². The van der Waals surface area contributed by atoms with Crippen LogP contribution in [0, 0.1) is 17.0 Å². The first-order valence-electron chi connectivity index (χ1n) is 7.74. The van der Waals surface area contributed by atoms with Gasteiger partial charge in [-0.2, -0.15) is 0 Å². The highest BCUT2D eigenvalue weighted by molar-refractivity contribution is 6.03. The molecule has 1 aromatic heterocycles. The molecule has 0 unspecified atom stereocenters. The Bertz CT molecular complexity index is 766. The molecule has 24 heavy (non-hydrogen) atoms. The number of hydrogen-bond donors (Lipinski definition) is 2. The summed E-state index contributed by atoms with van der Waals surface area (Å²) in [5.41, 5.74) is 0.956. The summed E-state index contributed by atoms with van der Waals surface area (Å²) in [4.78, 5) is 22.8. The van der Waals surface area contributed by atoms with Gasteiger partial charge in [0.05, 0.1) is 28.4 Å². The van der Waals surface area contributed by atoms with Crippen LogP contribution in [0.3, 0.4) is 0 Å². The predicted molar refractivity (Wildman–Crippen MR) is 86.9 cm³/mol. The summed E-state index contributed by atoms with van der Waals surface area (Å²) in [5.74, 6) is -0.432. The summed E-state index contributed by atoms with van der Waals surface area (Å²) in [6.45, 7) is 3.43. The van der Waals surface area contributed by atoms with Gasteiger partial charge in [-0.15, -0.1) is 5.10 Å². The molecule has 0 bridgehead atoms. The normalized spacial score (nSPS) is 15.2. The molecule has 1 aliphatic rings. The van der Waals surface area contributed by atoms with Gasteiger partial charge in [0.1, 0.15) is 0 Å². The molecule has 9 nitrogen and oxygen atoms in total. The number of rotatable bonds is 4. The van der Waals surface area contributed by atoms with E-state index in [9.17, 15) is 14.9 Å². The van der Waals surface area contributed by atoms with Crippen LogP contribution in [0.5, 0.6) is 0 Å². The molecule has 0 saturated carbocycles. The molecule has 2 heterocycles. The third kappa shape index (κ3) is 3.25. The highest BCUT2D eigenvalue weighted by atomic mass is 16.6. The molecule has 0 aliphatic carbocycles. The van der Waals surface area contributed by atoms with Crippen LogP contribution in [-0.2, 0) is 0 Å². The van der Waals surface area contributed by atoms with Crippen molar-refractivity contribution in [3.05, 3.63) is 45.8 Å². The second-order valence-corrected chi connectivity index (χ2v) is 5.73. The number of carbonyl (C=O) groups is 1. The van der Waals surface area contributed by atoms with Crippen LogP contribution in [-0.4, -0.2) is 38.9 Å². The Morgan fingerprint density at radius 1 is 1.42 bits per heavy atom. The minimum atomic E-state index is -0.474. The number of nitro groups is 1. The Labute approximate surface area is 138 Å². The first kappa shape index (κ1) is 16.1. The fourth-order valence-electron chi connectivity index (χ4n) is 2.77. The van der Waals surface area contributed by atoms with Gasteiger partial charge in [-0.1, -0.05) is 11.3 Å². The Hall–Kier alpha value is -2.81. The summed E-state index contributed by atoms with van der Waals surface area (Å²) >= 11 is 0. The molecule has 2 aromatic rings. The Morgan fingerprint density at radius 2 is 2.17 bits per heavy atom. The van der Waals surface area contributed by atoms with E-state index in [-0.39, 0.29) is 17.4 Å². The van der Waals surface area contributed by atoms with Crippen molar-refractivity contribution in [2.24, 2.45) is 0 Å². The number of piperidine rings is 1. The summed E-state index contributed by atoms with van der Waals surface area (Å²) in [6.07, 6.45) is 3.50. The van der Waals surface area contributed by atoms with Crippen LogP contribution in [0.25, 0.3) is 0 Å². The van der Waals surface area contributed by atoms with Crippen LogP contribution in [0.4, 0.5) is 11.4 Å². The van der Waals surface area contributed by atoms with Crippen molar-refractivity contribution in [1.82, 2.24) is 20.3 Å². The molecule has 9 heteroatoms. The lowest BCUT2D eigenvalue weighted by Gasteiger charge is -2.22. The number of amides is 1. The molecular weight excluding hydrogens is 312 g/mol. The molecular formula is C15H18N6O3. The molecule has 1 amide bonds. The van der Waals surface area contributed by atoms with Gasteiger partial charge < -0.3 is 10.6 Å². The van der Waals surface area contributed by atoms with Crippen molar-refractivity contribution in [3.8, 4) is 0 Å². The highest BCUT2D eigenvalue weighted by Crippen LogP contribution is 2.25. The minimum Gasteiger partial charge on any atom is -0.320 e. The molecule has 1 aliphatic heterocycles. The van der Waals surface area contributed by atoms with Crippen LogP contribution >= 0.6 is 0 Å². The van der Waals surface area contributed by atoms with E-state index in [0.717, 1.165) is 25.9 Å². The predicted octanol–water partition coefficient (Wildman–Crippen LogP) is 1.67. The summed E-state index contributed by atoms with van der Waals surface area (Å²) in [6, 6.07) is 4.79. The smallest absolute Gasteiger partial charge is 0.277 e. The van der Waals surface area contributed by atoms with Gasteiger partial charge in [0, 0.05) is 6.07 Å². The van der Waals surface area contributed by atoms with E-state index >= 15 is 0 Å². The Balaban J connectivity index is 1.75. The van der Waals surface area contributed by atoms with E-state index in [1.54, 1.807) is 23.9 Å². The van der Waals surface area contributed by atoms with Gasteiger partial charge in [-0.05, 0) is 38.9 Å². The zero-order chi connectivity index (χ0) is 17.1. The van der Waals surface area contributed by atoms with Crippen molar-refractivity contribution in [1.29, 1.82) is 0 Å². The second kappa shape index (κ2) is 6.75. The highest BCUT2D eigenvalue weighted by Gasteiger charge is 2.20. The lowest BCUT2D eigenvalue weighted by Crippen LogP contribution is -2.29. The summed E-state index contributed by atoms with van der Waals surface area (Å²) in [7, 11) is 0. The fraction of sp³-hybridized carbons (Fsp3) is 0.400. The van der Waals surface area contributed by atoms with Crippen molar-refractivity contribution in [2.45, 2.75) is 25.8 Å². The van der Waals surface area contributed by atoms with Gasteiger partial charge in [-0.3, -0.25) is 14.9 Å². The van der Waals surface area contributed by atoms with Gasteiger partial charge in [0.15, 0.2) is 5.69 Å². The van der Waals surface area contributed by atoms with E-state index in [1.807, 2.05) is 0 Å². The molecule has 1 fully saturated rings. The molecule has 126 valence electrons. The first-order valence-corrected chi connectivity index (χ1v) is 7.74. The molecule has 2 N–H and O–H groups in total. The zero-order valence-electron chi connectivity index (χ0n) is 13.2. The molecule has 0 radical (unpaired) electrons. The van der Waals surface area contributed by atoms with Gasteiger partial charge in [0.25, 0.3) is 11.6 Å². The average molecular weight is 330 g/mol. The summed E-state index contributed by atoms with van der Waals surface area (Å²) < 4.78 is 1.72. The van der Waals surface area contributed by atoms with E-state index < -0.39 is 10.8 Å². The number of nitro benzene ring substituents is 1. The van der Waals surface area contributed by atoms with Crippen molar-refractivity contribution < 1.29 is 9.72 Å². The van der Waals surface area contributed by atoms with Gasteiger partial charge in [0.2, 0.25) is 0 Å².